The van der Waals surface area contributed by atoms with Gasteiger partial charge in [-0.2, -0.15) is 0 Å². The fourth-order valence-corrected chi connectivity index (χ4v) is 9.15. The maximum absolute atomic E-state index is 15.4. The van der Waals surface area contributed by atoms with Gasteiger partial charge in [-0.15, -0.1) is 0 Å². The summed E-state index contributed by atoms with van der Waals surface area (Å²) in [5.41, 5.74) is 3.58. The number of fused-ring (bicyclic) bond motifs is 8. The van der Waals surface area contributed by atoms with E-state index in [2.05, 4.69) is 80.9 Å². The monoisotopic (exact) mass is 788 g/mol. The van der Waals surface area contributed by atoms with Crippen LogP contribution in [0.5, 0.6) is 0 Å². The van der Waals surface area contributed by atoms with Crippen LogP contribution >= 0.6 is 0 Å². The number of aromatic nitrogens is 6. The Morgan fingerprint density at radius 2 is 0.883 bits per heavy atom. The van der Waals surface area contributed by atoms with Crippen molar-refractivity contribution in [1.82, 2.24) is 18.7 Å². The number of benzene rings is 5. The smallest absolute Gasteiger partial charge is 0.233 e. The molecule has 0 radical (unpaired) electrons. The van der Waals surface area contributed by atoms with Crippen LogP contribution in [-0.2, 0) is 27.2 Å². The first-order chi connectivity index (χ1) is 29.4. The number of hydrogen-bond acceptors (Lipinski definition) is 4. The topological polar surface area (TPSA) is 87.9 Å². The van der Waals surface area contributed by atoms with E-state index >= 15 is 9.59 Å². The van der Waals surface area contributed by atoms with Crippen LogP contribution in [0.15, 0.2) is 152 Å². The highest BCUT2D eigenvalue weighted by Gasteiger charge is 2.30. The summed E-state index contributed by atoms with van der Waals surface area (Å²) in [7, 11) is 4.02. The average Bonchev–Trinajstić information content (AvgIpc) is 4.02. The Hall–Kier alpha value is -7.72. The molecule has 0 N–H and O–H groups in total. The summed E-state index contributed by atoms with van der Waals surface area (Å²) < 4.78 is 25.8. The van der Waals surface area contributed by atoms with Gasteiger partial charge in [-0.1, -0.05) is 72.8 Å². The maximum Gasteiger partial charge on any atom is 0.233 e. The molecule has 10 nitrogen and oxygen atoms in total. The summed E-state index contributed by atoms with van der Waals surface area (Å²) in [6, 6.07) is 40.4. The van der Waals surface area contributed by atoms with Crippen molar-refractivity contribution in [2.45, 2.75) is 26.9 Å². The van der Waals surface area contributed by atoms with Gasteiger partial charge in [-0.25, -0.2) is 18.5 Å². The molecule has 0 bridgehead atoms. The van der Waals surface area contributed by atoms with E-state index in [4.69, 9.17) is 8.83 Å². The largest absolute Gasteiger partial charge is 0.433 e. The van der Waals surface area contributed by atoms with Crippen molar-refractivity contribution in [3.63, 3.8) is 0 Å². The molecule has 6 heterocycles. The molecule has 0 aliphatic rings. The third kappa shape index (κ3) is 5.00. The first kappa shape index (κ1) is 35.4. The van der Waals surface area contributed by atoms with Gasteiger partial charge in [0.25, 0.3) is 0 Å². The minimum absolute atomic E-state index is 0.00209. The van der Waals surface area contributed by atoms with E-state index in [0.29, 0.717) is 35.3 Å². The van der Waals surface area contributed by atoms with E-state index in [1.165, 1.54) is 0 Å². The second-order valence-corrected chi connectivity index (χ2v) is 15.2. The van der Waals surface area contributed by atoms with Crippen molar-refractivity contribution in [1.29, 1.82) is 0 Å². The highest BCUT2D eigenvalue weighted by atomic mass is 16.4. The van der Waals surface area contributed by atoms with Gasteiger partial charge in [0.1, 0.15) is 14.1 Å². The number of pyridine rings is 2. The number of para-hydroxylation sites is 2. The van der Waals surface area contributed by atoms with Crippen molar-refractivity contribution in [3.05, 3.63) is 176 Å². The molecule has 292 valence electrons. The maximum atomic E-state index is 15.4. The van der Waals surface area contributed by atoms with E-state index in [0.717, 1.165) is 55.0 Å². The van der Waals surface area contributed by atoms with Crippen molar-refractivity contribution >= 4 is 77.8 Å². The minimum Gasteiger partial charge on any atom is -0.433 e. The summed E-state index contributed by atoms with van der Waals surface area (Å²) in [4.78, 5) is 30.7. The highest BCUT2D eigenvalue weighted by molar-refractivity contribution is 6.14. The number of aryl methyl sites for hydroxylation is 2. The van der Waals surface area contributed by atoms with Crippen molar-refractivity contribution in [2.24, 2.45) is 14.1 Å². The first-order valence-electron chi connectivity index (χ1n) is 20.2. The standard InChI is InChI=1S/C50H40N6O4/c1-5-53-39(29-37-35-23-15-13-17-31(35)25-27-51(37)3)41-43-45(57)48-44(46(58)47(43)59-49(41)55(53)33-19-9-7-10-20-33)42-40(30-38-36-24-16-14-18-32(36)26-28-52(38)4)54(6-2)56(50(42)60-48)34-21-11-8-12-22-34/h7-30H,5-6H2,1-4H3/q+2. The van der Waals surface area contributed by atoms with Crippen LogP contribution in [0, 0.1) is 0 Å². The quantitative estimate of drug-likeness (QED) is 0.169. The molecular weight excluding hydrogens is 749 g/mol. The zero-order valence-electron chi connectivity index (χ0n) is 33.6. The predicted octanol–water partition coefficient (Wildman–Crippen LogP) is 7.04. The molecule has 5 aromatic carbocycles. The lowest BCUT2D eigenvalue weighted by atomic mass is 10.1. The van der Waals surface area contributed by atoms with Crippen LogP contribution in [0.4, 0.5) is 0 Å². The Balaban J connectivity index is 1.34. The summed E-state index contributed by atoms with van der Waals surface area (Å²) in [6.45, 7) is 5.23. The number of hydrogen-bond donors (Lipinski definition) is 0. The summed E-state index contributed by atoms with van der Waals surface area (Å²) in [5.74, 6) is 0. The first-order valence-corrected chi connectivity index (χ1v) is 20.2. The third-order valence-corrected chi connectivity index (χ3v) is 11.9. The Labute approximate surface area is 342 Å². The summed E-state index contributed by atoms with van der Waals surface area (Å²) in [6.07, 6.45) is 8.26. The van der Waals surface area contributed by atoms with Crippen LogP contribution in [0.25, 0.3) is 89.2 Å². The molecule has 0 aliphatic carbocycles. The molecule has 0 amide bonds. The van der Waals surface area contributed by atoms with Crippen LogP contribution in [0.3, 0.4) is 0 Å². The number of nitrogens with zero attached hydrogens (tertiary/aromatic N) is 6. The van der Waals surface area contributed by atoms with Crippen molar-refractivity contribution in [2.75, 3.05) is 0 Å². The fourth-order valence-electron chi connectivity index (χ4n) is 9.15. The van der Waals surface area contributed by atoms with Gasteiger partial charge in [-0.05, 0) is 61.0 Å². The lowest BCUT2D eigenvalue weighted by molar-refractivity contribution is -0.672. The van der Waals surface area contributed by atoms with Gasteiger partial charge < -0.3 is 8.83 Å². The summed E-state index contributed by atoms with van der Waals surface area (Å²) in [5, 5.41) is 7.26. The predicted molar refractivity (Wildman–Crippen MR) is 236 cm³/mol. The lowest BCUT2D eigenvalue weighted by Crippen LogP contribution is -2.33. The summed E-state index contributed by atoms with van der Waals surface area (Å²) >= 11 is 0. The molecule has 0 aliphatic heterocycles. The second kappa shape index (κ2) is 13.4. The van der Waals surface area contributed by atoms with Gasteiger partial charge >= 0.3 is 0 Å². The molecule has 0 atom stereocenters. The lowest BCUT2D eigenvalue weighted by Gasteiger charge is -2.11. The van der Waals surface area contributed by atoms with Crippen LogP contribution in [-0.4, -0.2) is 18.7 Å². The molecule has 0 saturated heterocycles. The SMILES string of the molecule is CCn1/c(=C\c2c3ccccc3cc[n+]2C)c2c3c(=O)c4oc5c(/c(=C/c6c7ccccc7cc[n+]6C)n(CC)n5-c5ccccc5)c4c(=O)c3oc2n1-c1ccccc1. The Morgan fingerprint density at radius 1 is 0.500 bits per heavy atom. The molecular formula is C50H40N6O4+2. The Bertz CT molecular complexity index is 3560. The van der Waals surface area contributed by atoms with Crippen molar-refractivity contribution < 1.29 is 18.0 Å². The molecule has 0 fully saturated rings. The second-order valence-electron chi connectivity index (χ2n) is 15.2. The molecule has 10 heteroatoms. The van der Waals surface area contributed by atoms with Gasteiger partial charge in [0, 0.05) is 37.4 Å². The molecule has 0 spiro atoms. The minimum atomic E-state index is -0.399. The van der Waals surface area contributed by atoms with Crippen LogP contribution < -0.4 is 30.7 Å². The zero-order valence-corrected chi connectivity index (χ0v) is 33.6. The van der Waals surface area contributed by atoms with Crippen molar-refractivity contribution in [3.8, 4) is 11.4 Å². The molecule has 6 aromatic heterocycles. The van der Waals surface area contributed by atoms with Gasteiger partial charge in [0.2, 0.25) is 33.7 Å². The Kier molecular flexibility index (Phi) is 7.93. The van der Waals surface area contributed by atoms with E-state index in [1.807, 2.05) is 121 Å². The number of furan rings is 2. The Morgan fingerprint density at radius 3 is 1.28 bits per heavy atom. The van der Waals surface area contributed by atoms with Crippen LogP contribution in [0.2, 0.25) is 0 Å². The third-order valence-electron chi connectivity index (χ3n) is 11.9. The van der Waals surface area contributed by atoms with Crippen LogP contribution in [0.1, 0.15) is 25.2 Å². The van der Waals surface area contributed by atoms with Gasteiger partial charge in [0.05, 0.1) is 54.4 Å². The normalized spacial score (nSPS) is 12.8. The molecule has 11 rings (SSSR count). The molecule has 0 unspecified atom stereocenters. The molecule has 60 heavy (non-hydrogen) atoms. The van der Waals surface area contributed by atoms with E-state index in [1.54, 1.807) is 0 Å². The zero-order chi connectivity index (χ0) is 40.8. The van der Waals surface area contributed by atoms with Gasteiger partial charge in [-0.3, -0.25) is 19.0 Å². The van der Waals surface area contributed by atoms with E-state index in [-0.39, 0.29) is 21.9 Å². The number of rotatable bonds is 6. The molecule has 11 aromatic rings. The van der Waals surface area contributed by atoms with E-state index < -0.39 is 10.9 Å². The molecule has 0 saturated carbocycles. The van der Waals surface area contributed by atoms with E-state index in [9.17, 15) is 0 Å². The fraction of sp³-hybridized carbons (Fsp3) is 0.120. The highest BCUT2D eigenvalue weighted by Crippen LogP contribution is 2.32. The average molecular weight is 789 g/mol. The van der Waals surface area contributed by atoms with Gasteiger partial charge in [0.15, 0.2) is 23.6 Å².